The molecular weight excluding hydrogens is 476 g/mol. The molecule has 0 bridgehead atoms. The third-order valence-corrected chi connectivity index (χ3v) is 8.95. The molecule has 4 aromatic rings. The molecule has 0 saturated heterocycles. The molecule has 2 heterocycles. The number of sulfonamides is 1. The van der Waals surface area contributed by atoms with E-state index in [1.54, 1.807) is 36.8 Å². The molecule has 6 nitrogen and oxygen atoms in total. The number of amides is 1. The quantitative estimate of drug-likeness (QED) is 0.360. The van der Waals surface area contributed by atoms with E-state index in [0.717, 1.165) is 21.8 Å². The van der Waals surface area contributed by atoms with Crippen LogP contribution in [0.15, 0.2) is 82.4 Å². The first-order valence-corrected chi connectivity index (χ1v) is 13.2. The molecule has 170 valence electrons. The summed E-state index contributed by atoms with van der Waals surface area (Å²) in [6.07, 6.45) is 0. The summed E-state index contributed by atoms with van der Waals surface area (Å²) in [5, 5.41) is 6.51. The summed E-state index contributed by atoms with van der Waals surface area (Å²) < 4.78 is 34.0. The minimum absolute atomic E-state index is 0.000646. The molecule has 2 aromatic carbocycles. The average molecular weight is 499 g/mol. The van der Waals surface area contributed by atoms with Gasteiger partial charge in [-0.15, -0.1) is 22.7 Å². The topological polar surface area (TPSA) is 75.7 Å². The van der Waals surface area contributed by atoms with E-state index < -0.39 is 15.9 Å². The molecule has 1 amide bonds. The van der Waals surface area contributed by atoms with Crippen molar-refractivity contribution in [3.05, 3.63) is 87.2 Å². The summed E-state index contributed by atoms with van der Waals surface area (Å²) in [7, 11) is -1.02. The minimum atomic E-state index is -4.05. The van der Waals surface area contributed by atoms with Crippen LogP contribution in [0.25, 0.3) is 11.1 Å². The second-order valence-corrected chi connectivity index (χ2v) is 10.9. The van der Waals surface area contributed by atoms with E-state index in [9.17, 15) is 13.2 Å². The van der Waals surface area contributed by atoms with Crippen LogP contribution in [0.1, 0.15) is 14.5 Å². The summed E-state index contributed by atoms with van der Waals surface area (Å²) >= 11 is 2.66. The predicted octanol–water partition coefficient (Wildman–Crippen LogP) is 5.24. The van der Waals surface area contributed by atoms with Crippen LogP contribution in [0.2, 0.25) is 0 Å². The second kappa shape index (κ2) is 9.78. The number of methoxy groups -OCH3 is 1. The van der Waals surface area contributed by atoms with E-state index in [-0.39, 0.29) is 9.77 Å². The number of hydrogen-bond donors (Lipinski definition) is 1. The molecule has 0 atom stereocenters. The number of carbonyl (C=O) groups is 1. The fraction of sp³-hybridized carbons (Fsp3) is 0.125. The minimum Gasteiger partial charge on any atom is -0.497 e. The van der Waals surface area contributed by atoms with Crippen LogP contribution in [0.5, 0.6) is 5.75 Å². The lowest BCUT2D eigenvalue weighted by Gasteiger charge is -2.21. The van der Waals surface area contributed by atoms with E-state index in [1.165, 1.54) is 22.7 Å². The van der Waals surface area contributed by atoms with Crippen molar-refractivity contribution < 1.29 is 17.9 Å². The molecule has 2 aromatic heterocycles. The van der Waals surface area contributed by atoms with Crippen LogP contribution in [0.3, 0.4) is 0 Å². The van der Waals surface area contributed by atoms with Gasteiger partial charge in [0.05, 0.1) is 19.3 Å². The predicted molar refractivity (Wildman–Crippen MR) is 134 cm³/mol. The Labute approximate surface area is 201 Å². The van der Waals surface area contributed by atoms with E-state index in [1.807, 2.05) is 47.8 Å². The van der Waals surface area contributed by atoms with Crippen LogP contribution >= 0.6 is 22.7 Å². The number of benzene rings is 2. The Kier molecular flexibility index (Phi) is 6.83. The van der Waals surface area contributed by atoms with Crippen LogP contribution in [0.4, 0.5) is 5.69 Å². The summed E-state index contributed by atoms with van der Waals surface area (Å²) in [6.45, 7) is 0.336. The van der Waals surface area contributed by atoms with E-state index in [0.29, 0.717) is 23.5 Å². The van der Waals surface area contributed by atoms with Gasteiger partial charge < -0.3 is 10.1 Å². The lowest BCUT2D eigenvalue weighted by Crippen LogP contribution is -2.30. The van der Waals surface area contributed by atoms with Gasteiger partial charge in [0.25, 0.3) is 15.9 Å². The first kappa shape index (κ1) is 23.0. The van der Waals surface area contributed by atoms with Crippen LogP contribution < -0.4 is 14.4 Å². The van der Waals surface area contributed by atoms with Crippen molar-refractivity contribution in [3.63, 3.8) is 0 Å². The van der Waals surface area contributed by atoms with E-state index in [2.05, 4.69) is 5.32 Å². The highest BCUT2D eigenvalue weighted by molar-refractivity contribution is 7.93. The highest BCUT2D eigenvalue weighted by atomic mass is 32.2. The zero-order chi connectivity index (χ0) is 23.4. The largest absolute Gasteiger partial charge is 0.497 e. The molecular formula is C24H22N2O4S3. The fourth-order valence-corrected chi connectivity index (χ4v) is 6.83. The Bertz CT molecular complexity index is 1330. The summed E-state index contributed by atoms with van der Waals surface area (Å²) in [5.41, 5.74) is 1.70. The molecule has 4 rings (SSSR count). The number of nitrogens with zero attached hydrogens (tertiary/aromatic N) is 1. The third-order valence-electron chi connectivity index (χ3n) is 5.09. The normalized spacial score (nSPS) is 11.2. The lowest BCUT2D eigenvalue weighted by molar-refractivity contribution is 0.0952. The van der Waals surface area contributed by atoms with Crippen molar-refractivity contribution in [1.29, 1.82) is 0 Å². The lowest BCUT2D eigenvalue weighted by atomic mass is 10.1. The van der Waals surface area contributed by atoms with Gasteiger partial charge in [-0.25, -0.2) is 8.42 Å². The molecule has 33 heavy (non-hydrogen) atoms. The molecule has 0 unspecified atom stereocenters. The molecule has 0 fully saturated rings. The van der Waals surface area contributed by atoms with Gasteiger partial charge >= 0.3 is 0 Å². The summed E-state index contributed by atoms with van der Waals surface area (Å²) in [4.78, 5) is 14.2. The zero-order valence-corrected chi connectivity index (χ0v) is 20.5. The number of rotatable bonds is 8. The van der Waals surface area contributed by atoms with Crippen LogP contribution in [0, 0.1) is 0 Å². The SMILES string of the molecule is COc1ccc(N(C)S(=O)(=O)c2c(-c3ccccc3)csc2C(=O)NCc2cccs2)cc1. The maximum absolute atomic E-state index is 13.8. The molecule has 0 aliphatic carbocycles. The third kappa shape index (κ3) is 4.80. The van der Waals surface area contributed by atoms with Crippen molar-refractivity contribution in [2.75, 3.05) is 18.5 Å². The van der Waals surface area contributed by atoms with Gasteiger partial charge in [0, 0.05) is 22.9 Å². The average Bonchev–Trinajstić information content (AvgIpc) is 3.53. The first-order chi connectivity index (χ1) is 15.9. The highest BCUT2D eigenvalue weighted by Gasteiger charge is 2.32. The number of carbonyl (C=O) groups excluding carboxylic acids is 1. The molecule has 0 radical (unpaired) electrons. The van der Waals surface area contributed by atoms with E-state index >= 15 is 0 Å². The molecule has 9 heteroatoms. The standard InChI is InChI=1S/C24H22N2O4S3/c1-26(18-10-12-19(30-2)13-11-18)33(28,29)23-21(17-7-4-3-5-8-17)16-32-22(23)24(27)25-15-20-9-6-14-31-20/h3-14,16H,15H2,1-2H3,(H,25,27). The Morgan fingerprint density at radius 3 is 2.36 bits per heavy atom. The molecule has 0 aliphatic rings. The van der Waals surface area contributed by atoms with Gasteiger partial charge in [0.1, 0.15) is 15.5 Å². The molecule has 1 N–H and O–H groups in total. The summed E-state index contributed by atoms with van der Waals surface area (Å²) in [6, 6.07) is 19.8. The Morgan fingerprint density at radius 1 is 1.00 bits per heavy atom. The monoisotopic (exact) mass is 498 g/mol. The highest BCUT2D eigenvalue weighted by Crippen LogP contribution is 2.38. The fourth-order valence-electron chi connectivity index (χ4n) is 3.31. The maximum atomic E-state index is 13.8. The van der Waals surface area contributed by atoms with Crippen LogP contribution in [-0.2, 0) is 16.6 Å². The molecule has 0 saturated carbocycles. The molecule has 0 aliphatic heterocycles. The van der Waals surface area contributed by atoms with Gasteiger partial charge in [0.15, 0.2) is 0 Å². The van der Waals surface area contributed by atoms with Gasteiger partial charge in [0.2, 0.25) is 0 Å². The summed E-state index contributed by atoms with van der Waals surface area (Å²) in [5.74, 6) is 0.205. The molecule has 0 spiro atoms. The van der Waals surface area contributed by atoms with Crippen LogP contribution in [-0.4, -0.2) is 28.5 Å². The van der Waals surface area contributed by atoms with Crippen molar-refractivity contribution >= 4 is 44.3 Å². The van der Waals surface area contributed by atoms with Crippen molar-refractivity contribution in [2.45, 2.75) is 11.4 Å². The number of thiophene rings is 2. The number of ether oxygens (including phenoxy) is 1. The smallest absolute Gasteiger partial charge is 0.266 e. The van der Waals surface area contributed by atoms with Gasteiger partial charge in [-0.05, 0) is 41.3 Å². The van der Waals surface area contributed by atoms with Crippen molar-refractivity contribution in [2.24, 2.45) is 0 Å². The van der Waals surface area contributed by atoms with Gasteiger partial charge in [-0.1, -0.05) is 36.4 Å². The van der Waals surface area contributed by atoms with Gasteiger partial charge in [-0.3, -0.25) is 9.10 Å². The Hall–Kier alpha value is -3.14. The van der Waals surface area contributed by atoms with E-state index in [4.69, 9.17) is 4.74 Å². The zero-order valence-electron chi connectivity index (χ0n) is 18.0. The Balaban J connectivity index is 1.76. The van der Waals surface area contributed by atoms with Crippen molar-refractivity contribution in [3.8, 4) is 16.9 Å². The number of hydrogen-bond acceptors (Lipinski definition) is 6. The maximum Gasteiger partial charge on any atom is 0.266 e. The Morgan fingerprint density at radius 2 is 1.73 bits per heavy atom. The second-order valence-electron chi connectivity index (χ2n) is 7.11. The number of anilines is 1. The van der Waals surface area contributed by atoms with Gasteiger partial charge in [-0.2, -0.15) is 0 Å². The van der Waals surface area contributed by atoms with Crippen molar-refractivity contribution in [1.82, 2.24) is 5.32 Å². The number of nitrogens with one attached hydrogen (secondary N) is 1. The first-order valence-electron chi connectivity index (χ1n) is 10.0.